The molecule has 0 fully saturated rings. The Morgan fingerprint density at radius 1 is 1.31 bits per heavy atom. The lowest BCUT2D eigenvalue weighted by Gasteiger charge is -2.08. The Kier molecular flexibility index (Phi) is 4.55. The van der Waals surface area contributed by atoms with Gasteiger partial charge in [0, 0.05) is 10.9 Å². The number of sulfonamides is 1. The van der Waals surface area contributed by atoms with E-state index in [1.807, 2.05) is 0 Å². The zero-order valence-corrected chi connectivity index (χ0v) is 15.4. The van der Waals surface area contributed by atoms with Crippen molar-refractivity contribution in [3.63, 3.8) is 0 Å². The zero-order valence-electron chi connectivity index (χ0n) is 13.7. The molecule has 0 aliphatic heterocycles. The number of furan rings is 1. The minimum Gasteiger partial charge on any atom is -0.456 e. The summed E-state index contributed by atoms with van der Waals surface area (Å²) in [6.45, 7) is 3.21. The van der Waals surface area contributed by atoms with Crippen LogP contribution in [0.25, 0.3) is 11.3 Å². The fourth-order valence-corrected chi connectivity index (χ4v) is 4.56. The van der Waals surface area contributed by atoms with Gasteiger partial charge in [0.2, 0.25) is 0 Å². The number of amides is 1. The molecule has 0 aliphatic carbocycles. The summed E-state index contributed by atoms with van der Waals surface area (Å²) in [7, 11) is -3.99. The first-order chi connectivity index (χ1) is 12.2. The summed E-state index contributed by atoms with van der Waals surface area (Å²) in [6.07, 6.45) is 0. The van der Waals surface area contributed by atoms with E-state index < -0.39 is 21.7 Å². The third-order valence-corrected chi connectivity index (χ3v) is 5.97. The molecule has 2 heterocycles. The highest BCUT2D eigenvalue weighted by Gasteiger charge is 2.21. The van der Waals surface area contributed by atoms with Crippen LogP contribution >= 0.6 is 11.3 Å². The lowest BCUT2D eigenvalue weighted by molar-refractivity contribution is 0.0972. The molecule has 2 aromatic heterocycles. The van der Waals surface area contributed by atoms with Gasteiger partial charge < -0.3 is 10.2 Å². The molecule has 0 aliphatic rings. The van der Waals surface area contributed by atoms with Crippen molar-refractivity contribution >= 4 is 32.4 Å². The molecule has 0 saturated carbocycles. The van der Waals surface area contributed by atoms with Gasteiger partial charge in [0.05, 0.1) is 10.6 Å². The van der Waals surface area contributed by atoms with Crippen molar-refractivity contribution in [2.24, 2.45) is 5.73 Å². The van der Waals surface area contributed by atoms with Crippen LogP contribution in [0.15, 0.2) is 39.0 Å². The number of anilines is 1. The van der Waals surface area contributed by atoms with Crippen molar-refractivity contribution in [1.29, 1.82) is 0 Å². The maximum atomic E-state index is 13.4. The zero-order chi connectivity index (χ0) is 19.1. The molecule has 0 unspecified atom stereocenters. The largest absolute Gasteiger partial charge is 0.456 e. The van der Waals surface area contributed by atoms with E-state index in [9.17, 15) is 17.6 Å². The first-order valence-corrected chi connectivity index (χ1v) is 9.69. The smallest absolute Gasteiger partial charge is 0.284 e. The maximum absolute atomic E-state index is 13.4. The van der Waals surface area contributed by atoms with Crippen LogP contribution in [0.5, 0.6) is 0 Å². The molecule has 0 atom stereocenters. The molecule has 3 aromatic rings. The number of primary amides is 1. The van der Waals surface area contributed by atoms with Gasteiger partial charge >= 0.3 is 0 Å². The molecule has 1 aromatic carbocycles. The van der Waals surface area contributed by atoms with E-state index in [0.29, 0.717) is 22.6 Å². The van der Waals surface area contributed by atoms with Gasteiger partial charge in [-0.15, -0.1) is 11.3 Å². The van der Waals surface area contributed by atoms with Gasteiger partial charge in [-0.2, -0.15) is 0 Å². The Morgan fingerprint density at radius 3 is 2.69 bits per heavy atom. The third-order valence-electron chi connectivity index (χ3n) is 3.60. The van der Waals surface area contributed by atoms with Crippen molar-refractivity contribution in [2.45, 2.75) is 18.7 Å². The highest BCUT2D eigenvalue weighted by atomic mass is 32.2. The number of nitrogens with one attached hydrogen (secondary N) is 1. The minimum atomic E-state index is -3.99. The second kappa shape index (κ2) is 6.54. The Morgan fingerprint density at radius 2 is 2.04 bits per heavy atom. The number of nitrogens with zero attached hydrogens (tertiary/aromatic N) is 1. The summed E-state index contributed by atoms with van der Waals surface area (Å²) in [4.78, 5) is 15.2. The topological polar surface area (TPSA) is 115 Å². The predicted molar refractivity (Wildman–Crippen MR) is 95.0 cm³/mol. The SMILES string of the molecule is Cc1ccc(F)cc1S(=O)(=O)Nc1nc(-c2cc(C(N)=O)oc2C)cs1. The van der Waals surface area contributed by atoms with Gasteiger partial charge in [-0.3, -0.25) is 9.52 Å². The van der Waals surface area contributed by atoms with E-state index >= 15 is 0 Å². The molecule has 136 valence electrons. The van der Waals surface area contributed by atoms with Crippen LogP contribution in [0.4, 0.5) is 9.52 Å². The summed E-state index contributed by atoms with van der Waals surface area (Å²) in [5.41, 5.74) is 6.55. The molecule has 10 heteroatoms. The Labute approximate surface area is 152 Å². The van der Waals surface area contributed by atoms with Gasteiger partial charge in [-0.25, -0.2) is 17.8 Å². The van der Waals surface area contributed by atoms with Crippen LogP contribution in [0.3, 0.4) is 0 Å². The number of carbonyl (C=O) groups excluding carboxylic acids is 1. The van der Waals surface area contributed by atoms with Gasteiger partial charge in [-0.1, -0.05) is 6.07 Å². The van der Waals surface area contributed by atoms with Gasteiger partial charge in [0.15, 0.2) is 10.9 Å². The normalized spacial score (nSPS) is 11.5. The van der Waals surface area contributed by atoms with Crippen LogP contribution in [-0.2, 0) is 10.0 Å². The molecule has 0 radical (unpaired) electrons. The number of benzene rings is 1. The van der Waals surface area contributed by atoms with Crippen LogP contribution in [0, 0.1) is 19.7 Å². The second-order valence-corrected chi connectivity index (χ2v) is 8.01. The molecular formula is C16H14FN3O4S2. The van der Waals surface area contributed by atoms with Crippen LogP contribution in [0.2, 0.25) is 0 Å². The maximum Gasteiger partial charge on any atom is 0.284 e. The van der Waals surface area contributed by atoms with Crippen LogP contribution in [-0.4, -0.2) is 19.3 Å². The lowest BCUT2D eigenvalue weighted by atomic mass is 10.2. The number of nitrogens with two attached hydrogens (primary N) is 1. The monoisotopic (exact) mass is 395 g/mol. The van der Waals surface area contributed by atoms with Crippen molar-refractivity contribution in [2.75, 3.05) is 4.72 Å². The van der Waals surface area contributed by atoms with Crippen molar-refractivity contribution in [1.82, 2.24) is 4.98 Å². The quantitative estimate of drug-likeness (QED) is 0.689. The molecule has 0 bridgehead atoms. The Balaban J connectivity index is 1.91. The average Bonchev–Trinajstić information content (AvgIpc) is 3.15. The van der Waals surface area contributed by atoms with Crippen LogP contribution < -0.4 is 10.5 Å². The van der Waals surface area contributed by atoms with Crippen molar-refractivity contribution in [3.05, 3.63) is 52.5 Å². The van der Waals surface area contributed by atoms with Gasteiger partial charge in [-0.05, 0) is 37.6 Å². The summed E-state index contributed by atoms with van der Waals surface area (Å²) < 4.78 is 46.0. The standard InChI is InChI=1S/C16H14FN3O4S2/c1-8-3-4-10(17)5-14(8)26(22,23)20-16-19-12(7-25-16)11-6-13(15(18)21)24-9(11)2/h3-7H,1-2H3,(H2,18,21)(H,19,20). The summed E-state index contributed by atoms with van der Waals surface area (Å²) in [5.74, 6) is -0.941. The number of aromatic nitrogens is 1. The van der Waals surface area contributed by atoms with E-state index in [0.717, 1.165) is 17.4 Å². The van der Waals surface area contributed by atoms with E-state index in [4.69, 9.17) is 10.2 Å². The second-order valence-electron chi connectivity index (χ2n) is 5.50. The molecule has 26 heavy (non-hydrogen) atoms. The molecule has 3 rings (SSSR count). The first-order valence-electron chi connectivity index (χ1n) is 7.32. The van der Waals surface area contributed by atoms with Gasteiger partial charge in [0.25, 0.3) is 15.9 Å². The fraction of sp³-hybridized carbons (Fsp3) is 0.125. The highest BCUT2D eigenvalue weighted by Crippen LogP contribution is 2.31. The van der Waals surface area contributed by atoms with Crippen LogP contribution in [0.1, 0.15) is 21.9 Å². The fourth-order valence-electron chi connectivity index (χ4n) is 2.34. The average molecular weight is 395 g/mol. The Hall–Kier alpha value is -2.72. The van der Waals surface area contributed by atoms with E-state index in [2.05, 4.69) is 9.71 Å². The van der Waals surface area contributed by atoms with E-state index in [-0.39, 0.29) is 15.8 Å². The number of hydrogen-bond donors (Lipinski definition) is 2. The lowest BCUT2D eigenvalue weighted by Crippen LogP contribution is -2.14. The molecule has 1 amide bonds. The number of aryl methyl sites for hydroxylation is 2. The molecule has 7 nitrogen and oxygen atoms in total. The summed E-state index contributed by atoms with van der Waals surface area (Å²) >= 11 is 1.05. The molecule has 0 saturated heterocycles. The highest BCUT2D eigenvalue weighted by molar-refractivity contribution is 7.93. The molecule has 0 spiro atoms. The number of halogens is 1. The first kappa shape index (κ1) is 18.1. The predicted octanol–water partition coefficient (Wildman–Crippen LogP) is 3.06. The number of thiazole rings is 1. The number of rotatable bonds is 5. The molecule has 3 N–H and O–H groups in total. The van der Waals surface area contributed by atoms with E-state index in [1.165, 1.54) is 18.2 Å². The summed E-state index contributed by atoms with van der Waals surface area (Å²) in [5, 5.41) is 1.71. The van der Waals surface area contributed by atoms with Crippen molar-refractivity contribution < 1.29 is 22.0 Å². The van der Waals surface area contributed by atoms with Crippen molar-refractivity contribution in [3.8, 4) is 11.3 Å². The van der Waals surface area contributed by atoms with Gasteiger partial charge in [0.1, 0.15) is 11.6 Å². The minimum absolute atomic E-state index is 0.0111. The Bertz CT molecular complexity index is 1100. The summed E-state index contributed by atoms with van der Waals surface area (Å²) in [6, 6.07) is 4.97. The number of carbonyl (C=O) groups is 1. The number of hydrogen-bond acceptors (Lipinski definition) is 6. The third kappa shape index (κ3) is 3.46. The van der Waals surface area contributed by atoms with E-state index in [1.54, 1.807) is 19.2 Å². The molecular weight excluding hydrogens is 381 g/mol.